The second-order valence-corrected chi connectivity index (χ2v) is 7.82. The largest absolute Gasteiger partial charge is 0.419 e. The average Bonchev–Trinajstić information content (AvgIpc) is 2.99. The number of amides is 1. The number of carbonyl (C=O) groups excluding carboxylic acids is 1. The molecule has 1 amide bonds. The lowest BCUT2D eigenvalue weighted by Crippen LogP contribution is -2.46. The molecule has 2 aromatic carbocycles. The molecule has 1 aliphatic rings. The lowest BCUT2D eigenvalue weighted by Gasteiger charge is -2.18. The normalized spacial score (nSPS) is 17.3. The van der Waals surface area contributed by atoms with Gasteiger partial charge in [0.1, 0.15) is 12.1 Å². The summed E-state index contributed by atoms with van der Waals surface area (Å²) in [7, 11) is 1.52. The molecule has 1 aromatic heterocycles. The van der Waals surface area contributed by atoms with E-state index in [4.69, 9.17) is 9.15 Å². The molecule has 0 bridgehead atoms. The van der Waals surface area contributed by atoms with Crippen LogP contribution in [-0.2, 0) is 23.0 Å². The fourth-order valence-corrected chi connectivity index (χ4v) is 3.76. The first-order valence-electron chi connectivity index (χ1n) is 10.5. The Morgan fingerprint density at radius 2 is 2.15 bits per heavy atom. The molecule has 1 saturated heterocycles. The highest BCUT2D eigenvalue weighted by Crippen LogP contribution is 2.29. The van der Waals surface area contributed by atoms with Crippen LogP contribution in [0.15, 0.2) is 39.5 Å². The maximum Gasteiger partial charge on any atom is 0.419 e. The highest BCUT2D eigenvalue weighted by molar-refractivity contribution is 5.82. The molecular formula is C23H22F2N4O4. The third kappa shape index (κ3) is 4.65. The second kappa shape index (κ2) is 9.52. The van der Waals surface area contributed by atoms with Gasteiger partial charge in [0.05, 0.1) is 11.6 Å². The molecule has 0 radical (unpaired) electrons. The highest BCUT2D eigenvalue weighted by atomic mass is 19.2. The maximum absolute atomic E-state index is 14.9. The molecule has 2 heterocycles. The van der Waals surface area contributed by atoms with Crippen LogP contribution in [0.3, 0.4) is 0 Å². The molecule has 2 unspecified atom stereocenters. The topological polar surface area (TPSA) is 109 Å². The van der Waals surface area contributed by atoms with E-state index < -0.39 is 35.4 Å². The van der Waals surface area contributed by atoms with Crippen molar-refractivity contribution >= 4 is 17.0 Å². The van der Waals surface area contributed by atoms with E-state index in [9.17, 15) is 23.6 Å². The van der Waals surface area contributed by atoms with Crippen molar-refractivity contribution in [3.8, 4) is 17.2 Å². The number of rotatable bonds is 5. The van der Waals surface area contributed by atoms with Crippen molar-refractivity contribution in [1.82, 2.24) is 15.2 Å². The minimum atomic E-state index is -1.10. The van der Waals surface area contributed by atoms with Crippen LogP contribution in [0.4, 0.5) is 8.78 Å². The summed E-state index contributed by atoms with van der Waals surface area (Å²) in [4.78, 5) is 24.1. The summed E-state index contributed by atoms with van der Waals surface area (Å²) in [5, 5.41) is 15.0. The number of benzene rings is 2. The number of hydrogen-bond donors (Lipinski definition) is 2. The van der Waals surface area contributed by atoms with Gasteiger partial charge in [-0.3, -0.25) is 9.36 Å². The Kier molecular flexibility index (Phi) is 6.53. The minimum Gasteiger partial charge on any atom is -0.408 e. The smallest absolute Gasteiger partial charge is 0.408 e. The molecule has 2 atom stereocenters. The summed E-state index contributed by atoms with van der Waals surface area (Å²) in [6.45, 7) is 1.46. The van der Waals surface area contributed by atoms with Crippen molar-refractivity contribution in [1.29, 1.82) is 5.26 Å². The first-order chi connectivity index (χ1) is 15.9. The van der Waals surface area contributed by atoms with Crippen LogP contribution < -0.4 is 16.4 Å². The number of aromatic nitrogens is 1. The number of nitriles is 1. The molecule has 0 spiro atoms. The number of carbonyl (C=O) groups is 1. The van der Waals surface area contributed by atoms with Crippen molar-refractivity contribution in [2.45, 2.75) is 25.0 Å². The van der Waals surface area contributed by atoms with Crippen LogP contribution in [0.5, 0.6) is 0 Å². The lowest BCUT2D eigenvalue weighted by atomic mass is 9.99. The summed E-state index contributed by atoms with van der Waals surface area (Å²) < 4.78 is 41.6. The third-order valence-electron chi connectivity index (χ3n) is 5.60. The summed E-state index contributed by atoms with van der Waals surface area (Å²) >= 11 is 0. The van der Waals surface area contributed by atoms with E-state index in [0.29, 0.717) is 29.8 Å². The van der Waals surface area contributed by atoms with Gasteiger partial charge in [-0.1, -0.05) is 18.2 Å². The zero-order valence-corrected chi connectivity index (χ0v) is 17.9. The first kappa shape index (κ1) is 22.6. The molecule has 172 valence electrons. The van der Waals surface area contributed by atoms with Gasteiger partial charge in [-0.25, -0.2) is 13.6 Å². The van der Waals surface area contributed by atoms with Crippen molar-refractivity contribution in [2.24, 2.45) is 7.05 Å². The van der Waals surface area contributed by atoms with Crippen molar-refractivity contribution in [3.05, 3.63) is 58.1 Å². The van der Waals surface area contributed by atoms with Crippen LogP contribution in [0.25, 0.3) is 22.2 Å². The predicted octanol–water partition coefficient (Wildman–Crippen LogP) is 2.01. The maximum atomic E-state index is 14.9. The fourth-order valence-electron chi connectivity index (χ4n) is 3.76. The Morgan fingerprint density at radius 3 is 2.94 bits per heavy atom. The third-order valence-corrected chi connectivity index (χ3v) is 5.60. The summed E-state index contributed by atoms with van der Waals surface area (Å²) in [5.74, 6) is -3.22. The van der Waals surface area contributed by atoms with Gasteiger partial charge < -0.3 is 19.8 Å². The van der Waals surface area contributed by atoms with Crippen molar-refractivity contribution in [3.63, 3.8) is 0 Å². The van der Waals surface area contributed by atoms with Gasteiger partial charge in [0.25, 0.3) is 5.91 Å². The zero-order valence-electron chi connectivity index (χ0n) is 17.9. The Balaban J connectivity index is 1.54. The van der Waals surface area contributed by atoms with Gasteiger partial charge in [-0.05, 0) is 36.2 Å². The van der Waals surface area contributed by atoms with Crippen molar-refractivity contribution in [2.75, 3.05) is 19.7 Å². The molecular weight excluding hydrogens is 434 g/mol. The van der Waals surface area contributed by atoms with Crippen LogP contribution >= 0.6 is 0 Å². The molecule has 33 heavy (non-hydrogen) atoms. The minimum absolute atomic E-state index is 0.00210. The number of ether oxygens (including phenoxy) is 1. The first-order valence-corrected chi connectivity index (χ1v) is 10.5. The molecule has 1 aliphatic heterocycles. The molecule has 10 heteroatoms. The van der Waals surface area contributed by atoms with E-state index in [1.807, 2.05) is 6.07 Å². The standard InChI is InChI=1S/C23H22F2N4O4/c1-29-17-10-13(4-6-18(17)33-23(29)31)16-5-3-14(20(24)21(16)25)9-15(11-26)28-22(30)19-12-27-7-2-8-32-19/h3-6,10,15,19,27H,2,7-9,12H2,1H3,(H,28,30). The number of oxazole rings is 1. The monoisotopic (exact) mass is 456 g/mol. The molecule has 1 fully saturated rings. The van der Waals surface area contributed by atoms with E-state index in [1.165, 1.54) is 41.9 Å². The molecule has 0 saturated carbocycles. The van der Waals surface area contributed by atoms with Crippen LogP contribution in [0, 0.1) is 23.0 Å². The van der Waals surface area contributed by atoms with Gasteiger partial charge >= 0.3 is 5.76 Å². The summed E-state index contributed by atoms with van der Waals surface area (Å²) in [5.41, 5.74) is 1.11. The van der Waals surface area contributed by atoms with E-state index in [1.54, 1.807) is 0 Å². The van der Waals surface area contributed by atoms with Crippen molar-refractivity contribution < 1.29 is 22.7 Å². The van der Waals surface area contributed by atoms with E-state index in [2.05, 4.69) is 10.6 Å². The van der Waals surface area contributed by atoms with Crippen LogP contribution in [0.1, 0.15) is 12.0 Å². The van der Waals surface area contributed by atoms with Crippen LogP contribution in [-0.4, -0.2) is 42.3 Å². The Morgan fingerprint density at radius 1 is 1.33 bits per heavy atom. The molecule has 3 aromatic rings. The predicted molar refractivity (Wildman–Crippen MR) is 115 cm³/mol. The quantitative estimate of drug-likeness (QED) is 0.608. The second-order valence-electron chi connectivity index (χ2n) is 7.82. The van der Waals surface area contributed by atoms with E-state index in [0.717, 1.165) is 13.0 Å². The zero-order chi connectivity index (χ0) is 23.5. The number of nitrogens with one attached hydrogen (secondary N) is 2. The molecule has 0 aliphatic carbocycles. The number of fused-ring (bicyclic) bond motifs is 1. The molecule has 2 N–H and O–H groups in total. The number of halogens is 2. The Bertz CT molecular complexity index is 1290. The number of hydrogen-bond acceptors (Lipinski definition) is 6. The molecule has 8 nitrogen and oxygen atoms in total. The molecule has 4 rings (SSSR count). The van der Waals surface area contributed by atoms with Gasteiger partial charge in [-0.15, -0.1) is 0 Å². The van der Waals surface area contributed by atoms with Gasteiger partial charge in [0, 0.05) is 32.2 Å². The SMILES string of the molecule is Cn1c(=O)oc2ccc(-c3ccc(CC(C#N)NC(=O)C4CNCCCO4)c(F)c3F)cc21. The number of aryl methyl sites for hydroxylation is 1. The Hall–Kier alpha value is -3.55. The summed E-state index contributed by atoms with van der Waals surface area (Å²) in [6, 6.07) is 8.23. The summed E-state index contributed by atoms with van der Waals surface area (Å²) in [6.07, 6.45) is -0.187. The Labute approximate surface area is 187 Å². The van der Waals surface area contributed by atoms with Gasteiger partial charge in [0.2, 0.25) is 0 Å². The van der Waals surface area contributed by atoms with E-state index >= 15 is 0 Å². The van der Waals surface area contributed by atoms with Crippen LogP contribution in [0.2, 0.25) is 0 Å². The average molecular weight is 456 g/mol. The van der Waals surface area contributed by atoms with E-state index in [-0.39, 0.29) is 17.5 Å². The van der Waals surface area contributed by atoms with Gasteiger partial charge in [-0.2, -0.15) is 5.26 Å². The lowest BCUT2D eigenvalue weighted by molar-refractivity contribution is -0.132. The highest BCUT2D eigenvalue weighted by Gasteiger charge is 2.25. The number of nitrogens with zero attached hydrogens (tertiary/aromatic N) is 2. The fraction of sp³-hybridized carbons (Fsp3) is 0.348. The van der Waals surface area contributed by atoms with Gasteiger partial charge in [0.15, 0.2) is 17.2 Å².